The molecule has 1 unspecified atom stereocenters. The van der Waals surface area contributed by atoms with Crippen LogP contribution in [0.25, 0.3) is 0 Å². The first-order valence-corrected chi connectivity index (χ1v) is 5.10. The molecule has 15 heavy (non-hydrogen) atoms. The zero-order valence-electron chi connectivity index (χ0n) is 8.53. The molecular weight excluding hydrogens is 225 g/mol. The molecule has 0 heterocycles. The molecular formula is C11H12ClF3. The van der Waals surface area contributed by atoms with E-state index in [1.54, 1.807) is 0 Å². The highest BCUT2D eigenvalue weighted by Crippen LogP contribution is 2.34. The van der Waals surface area contributed by atoms with Gasteiger partial charge in [0.25, 0.3) is 0 Å². The van der Waals surface area contributed by atoms with Crippen LogP contribution in [0.3, 0.4) is 0 Å². The Morgan fingerprint density at radius 3 is 2.40 bits per heavy atom. The summed E-state index contributed by atoms with van der Waals surface area (Å²) in [5.74, 6) is 0.0415. The van der Waals surface area contributed by atoms with Crippen molar-refractivity contribution >= 4 is 11.6 Å². The molecule has 0 aliphatic heterocycles. The molecule has 0 saturated carbocycles. The third-order valence-electron chi connectivity index (χ3n) is 2.47. The molecule has 1 aromatic carbocycles. The molecule has 1 rings (SSSR count). The Morgan fingerprint density at radius 1 is 1.33 bits per heavy atom. The van der Waals surface area contributed by atoms with Gasteiger partial charge in [-0.05, 0) is 36.1 Å². The quantitative estimate of drug-likeness (QED) is 0.687. The third kappa shape index (κ3) is 2.88. The minimum absolute atomic E-state index is 0.0415. The molecule has 0 aliphatic rings. The van der Waals surface area contributed by atoms with Crippen LogP contribution in [0.1, 0.15) is 37.3 Å². The molecule has 0 saturated heterocycles. The molecule has 0 spiro atoms. The van der Waals surface area contributed by atoms with Crippen molar-refractivity contribution in [2.24, 2.45) is 0 Å². The summed E-state index contributed by atoms with van der Waals surface area (Å²) < 4.78 is 37.3. The fourth-order valence-corrected chi connectivity index (χ4v) is 1.62. The summed E-state index contributed by atoms with van der Waals surface area (Å²) in [6.07, 6.45) is -3.53. The van der Waals surface area contributed by atoms with Crippen molar-refractivity contribution in [1.29, 1.82) is 0 Å². The van der Waals surface area contributed by atoms with Gasteiger partial charge in [-0.25, -0.2) is 0 Å². The summed E-state index contributed by atoms with van der Waals surface area (Å²) in [7, 11) is 0. The van der Waals surface area contributed by atoms with E-state index in [1.807, 2.05) is 13.8 Å². The molecule has 84 valence electrons. The highest BCUT2D eigenvalue weighted by Gasteiger charge is 2.31. The molecule has 1 atom stereocenters. The Kier molecular flexibility index (Phi) is 3.66. The van der Waals surface area contributed by atoms with Crippen molar-refractivity contribution in [1.82, 2.24) is 0 Å². The summed E-state index contributed by atoms with van der Waals surface area (Å²) in [6.45, 7) is 3.78. The first-order chi connectivity index (χ1) is 6.86. The van der Waals surface area contributed by atoms with E-state index < -0.39 is 11.7 Å². The first kappa shape index (κ1) is 12.4. The van der Waals surface area contributed by atoms with Gasteiger partial charge in [-0.2, -0.15) is 13.2 Å². The monoisotopic (exact) mass is 236 g/mol. The maximum Gasteiger partial charge on any atom is 0.416 e. The Labute approximate surface area is 92.1 Å². The highest BCUT2D eigenvalue weighted by molar-refractivity contribution is 6.31. The van der Waals surface area contributed by atoms with Gasteiger partial charge in [-0.15, -0.1) is 0 Å². The maximum absolute atomic E-state index is 12.4. The van der Waals surface area contributed by atoms with Crippen molar-refractivity contribution in [2.75, 3.05) is 0 Å². The number of alkyl halides is 3. The molecule has 0 aromatic heterocycles. The Hall–Kier alpha value is -0.700. The van der Waals surface area contributed by atoms with E-state index in [9.17, 15) is 13.2 Å². The lowest BCUT2D eigenvalue weighted by Gasteiger charge is -2.14. The van der Waals surface area contributed by atoms with Crippen LogP contribution in [-0.4, -0.2) is 0 Å². The van der Waals surface area contributed by atoms with E-state index in [0.29, 0.717) is 10.6 Å². The van der Waals surface area contributed by atoms with Crippen LogP contribution in [0, 0.1) is 0 Å². The van der Waals surface area contributed by atoms with Crippen molar-refractivity contribution in [3.05, 3.63) is 34.3 Å². The molecule has 4 heteroatoms. The number of halogens is 4. The molecule has 0 radical (unpaired) electrons. The van der Waals surface area contributed by atoms with Gasteiger partial charge in [0.05, 0.1) is 5.56 Å². The summed E-state index contributed by atoms with van der Waals surface area (Å²) in [5.41, 5.74) is -0.0730. The lowest BCUT2D eigenvalue weighted by molar-refractivity contribution is -0.137. The van der Waals surface area contributed by atoms with E-state index in [4.69, 9.17) is 11.6 Å². The van der Waals surface area contributed by atoms with Crippen LogP contribution in [0.2, 0.25) is 5.02 Å². The molecule has 1 aromatic rings. The highest BCUT2D eigenvalue weighted by atomic mass is 35.5. The summed E-state index contributed by atoms with van der Waals surface area (Å²) in [6, 6.07) is 3.45. The van der Waals surface area contributed by atoms with Crippen LogP contribution >= 0.6 is 11.6 Å². The van der Waals surface area contributed by atoms with E-state index in [1.165, 1.54) is 6.07 Å². The maximum atomic E-state index is 12.4. The molecule has 0 bridgehead atoms. The molecule has 0 nitrogen and oxygen atoms in total. The van der Waals surface area contributed by atoms with Crippen LogP contribution in [-0.2, 0) is 6.18 Å². The van der Waals surface area contributed by atoms with Crippen molar-refractivity contribution in [3.63, 3.8) is 0 Å². The molecule has 0 aliphatic carbocycles. The second-order valence-corrected chi connectivity index (χ2v) is 3.95. The van der Waals surface area contributed by atoms with Crippen LogP contribution in [0.15, 0.2) is 18.2 Å². The van der Waals surface area contributed by atoms with Gasteiger partial charge in [0.2, 0.25) is 0 Å². The lowest BCUT2D eigenvalue weighted by Crippen LogP contribution is -2.06. The second kappa shape index (κ2) is 4.44. The zero-order chi connectivity index (χ0) is 11.6. The summed E-state index contributed by atoms with van der Waals surface area (Å²) >= 11 is 5.85. The van der Waals surface area contributed by atoms with E-state index in [0.717, 1.165) is 18.6 Å². The lowest BCUT2D eigenvalue weighted by atomic mass is 9.96. The summed E-state index contributed by atoms with van der Waals surface area (Å²) in [4.78, 5) is 0. The minimum atomic E-state index is -4.30. The van der Waals surface area contributed by atoms with Gasteiger partial charge in [0.1, 0.15) is 0 Å². The van der Waals surface area contributed by atoms with Gasteiger partial charge >= 0.3 is 6.18 Å². The van der Waals surface area contributed by atoms with E-state index >= 15 is 0 Å². The van der Waals surface area contributed by atoms with Crippen LogP contribution in [0.4, 0.5) is 13.2 Å². The number of hydrogen-bond donors (Lipinski definition) is 0. The third-order valence-corrected chi connectivity index (χ3v) is 2.81. The van der Waals surface area contributed by atoms with E-state index in [2.05, 4.69) is 0 Å². The Morgan fingerprint density at radius 2 is 1.93 bits per heavy atom. The normalized spacial score (nSPS) is 14.0. The van der Waals surface area contributed by atoms with Gasteiger partial charge in [0, 0.05) is 5.02 Å². The topological polar surface area (TPSA) is 0 Å². The van der Waals surface area contributed by atoms with Gasteiger partial charge in [-0.3, -0.25) is 0 Å². The average Bonchev–Trinajstić information content (AvgIpc) is 2.15. The predicted octanol–water partition coefficient (Wildman–Crippen LogP) is 4.87. The number of hydrogen-bond acceptors (Lipinski definition) is 0. The summed E-state index contributed by atoms with van der Waals surface area (Å²) in [5, 5.41) is 0.400. The number of benzene rings is 1. The number of rotatable bonds is 2. The zero-order valence-corrected chi connectivity index (χ0v) is 9.28. The SMILES string of the molecule is CCC(C)c1cc(C(F)(F)F)ccc1Cl. The van der Waals surface area contributed by atoms with Crippen molar-refractivity contribution < 1.29 is 13.2 Å². The molecule has 0 N–H and O–H groups in total. The molecule has 0 fully saturated rings. The van der Waals surface area contributed by atoms with Crippen molar-refractivity contribution in [2.45, 2.75) is 32.4 Å². The van der Waals surface area contributed by atoms with Crippen LogP contribution < -0.4 is 0 Å². The first-order valence-electron chi connectivity index (χ1n) is 4.73. The van der Waals surface area contributed by atoms with Crippen molar-refractivity contribution in [3.8, 4) is 0 Å². The Bertz CT molecular complexity index is 344. The minimum Gasteiger partial charge on any atom is -0.166 e. The smallest absolute Gasteiger partial charge is 0.166 e. The standard InChI is InChI=1S/C11H12ClF3/c1-3-7(2)9-6-8(11(13,14)15)4-5-10(9)12/h4-7H,3H2,1-2H3. The average molecular weight is 237 g/mol. The van der Waals surface area contributed by atoms with Gasteiger partial charge in [0.15, 0.2) is 0 Å². The van der Waals surface area contributed by atoms with Crippen LogP contribution in [0.5, 0.6) is 0 Å². The fraction of sp³-hybridized carbons (Fsp3) is 0.455. The molecule has 0 amide bonds. The van der Waals surface area contributed by atoms with Gasteiger partial charge < -0.3 is 0 Å². The Balaban J connectivity index is 3.17. The largest absolute Gasteiger partial charge is 0.416 e. The fourth-order valence-electron chi connectivity index (χ4n) is 1.32. The van der Waals surface area contributed by atoms with Gasteiger partial charge in [-0.1, -0.05) is 25.4 Å². The van der Waals surface area contributed by atoms with E-state index in [-0.39, 0.29) is 5.92 Å². The second-order valence-electron chi connectivity index (χ2n) is 3.54. The predicted molar refractivity (Wildman–Crippen MR) is 55.2 cm³/mol.